The van der Waals surface area contributed by atoms with Crippen LogP contribution in [0.25, 0.3) is 0 Å². The van der Waals surface area contributed by atoms with Crippen LogP contribution in [0.2, 0.25) is 0 Å². The molecular formula is C8H14ClNO2. The molecule has 0 heterocycles. The summed E-state index contributed by atoms with van der Waals surface area (Å²) in [6.45, 7) is 4.61. The second kappa shape index (κ2) is 8.40. The number of amides is 1. The van der Waals surface area contributed by atoms with E-state index >= 15 is 0 Å². The summed E-state index contributed by atoms with van der Waals surface area (Å²) in [7, 11) is 0. The molecule has 0 atom stereocenters. The molecule has 0 bridgehead atoms. The van der Waals surface area contributed by atoms with Crippen molar-refractivity contribution in [2.24, 2.45) is 0 Å². The molecule has 0 aliphatic rings. The summed E-state index contributed by atoms with van der Waals surface area (Å²) in [4.78, 5) is 10.8. The van der Waals surface area contributed by atoms with Crippen molar-refractivity contribution in [2.45, 2.75) is 12.8 Å². The lowest BCUT2D eigenvalue weighted by Gasteiger charge is -2.02. The molecule has 0 aromatic heterocycles. The normalized spacial score (nSPS) is 9.08. The van der Waals surface area contributed by atoms with Gasteiger partial charge in [0.25, 0.3) is 0 Å². The van der Waals surface area contributed by atoms with Gasteiger partial charge < -0.3 is 10.1 Å². The van der Waals surface area contributed by atoms with Gasteiger partial charge in [-0.15, -0.1) is 11.6 Å². The molecule has 0 unspecified atom stereocenters. The number of alkyl halides is 1. The van der Waals surface area contributed by atoms with Crippen LogP contribution in [0.1, 0.15) is 12.8 Å². The summed E-state index contributed by atoms with van der Waals surface area (Å²) >= 11 is 5.36. The highest BCUT2D eigenvalue weighted by molar-refractivity contribution is 6.18. The number of nitrogens with one attached hydrogen (secondary N) is 1. The van der Waals surface area contributed by atoms with E-state index in [0.29, 0.717) is 25.5 Å². The van der Waals surface area contributed by atoms with Gasteiger partial charge in [-0.1, -0.05) is 6.58 Å². The van der Waals surface area contributed by atoms with Crippen molar-refractivity contribution in [3.63, 3.8) is 0 Å². The van der Waals surface area contributed by atoms with E-state index in [-0.39, 0.29) is 5.91 Å². The second-order valence-electron chi connectivity index (χ2n) is 2.18. The molecule has 0 rings (SSSR count). The fourth-order valence-electron chi connectivity index (χ4n) is 0.641. The zero-order chi connectivity index (χ0) is 9.23. The Kier molecular flexibility index (Phi) is 7.91. The SMILES string of the molecule is C=COCCCNC(=O)CCCl. The van der Waals surface area contributed by atoms with Crippen LogP contribution in [-0.2, 0) is 9.53 Å². The highest BCUT2D eigenvalue weighted by Gasteiger charge is 1.97. The van der Waals surface area contributed by atoms with Gasteiger partial charge in [0.15, 0.2) is 0 Å². The molecule has 4 heteroatoms. The zero-order valence-electron chi connectivity index (χ0n) is 7.01. The fraction of sp³-hybridized carbons (Fsp3) is 0.625. The summed E-state index contributed by atoms with van der Waals surface area (Å²) in [5, 5.41) is 2.70. The molecule has 0 aliphatic carbocycles. The van der Waals surface area contributed by atoms with Gasteiger partial charge in [-0.05, 0) is 6.42 Å². The Labute approximate surface area is 77.7 Å². The Balaban J connectivity index is 3.08. The predicted octanol–water partition coefficient (Wildman–Crippen LogP) is 1.28. The largest absolute Gasteiger partial charge is 0.502 e. The van der Waals surface area contributed by atoms with Crippen LogP contribution in [-0.4, -0.2) is 24.9 Å². The molecule has 1 N–H and O–H groups in total. The number of ether oxygens (including phenoxy) is 1. The minimum absolute atomic E-state index is 0.0106. The molecule has 0 radical (unpaired) electrons. The molecule has 12 heavy (non-hydrogen) atoms. The van der Waals surface area contributed by atoms with Crippen molar-refractivity contribution in [1.29, 1.82) is 0 Å². The Bertz CT molecular complexity index is 139. The van der Waals surface area contributed by atoms with Gasteiger partial charge in [-0.25, -0.2) is 0 Å². The van der Waals surface area contributed by atoms with E-state index in [1.165, 1.54) is 6.26 Å². The second-order valence-corrected chi connectivity index (χ2v) is 2.56. The predicted molar refractivity (Wildman–Crippen MR) is 49.1 cm³/mol. The van der Waals surface area contributed by atoms with Crippen LogP contribution >= 0.6 is 11.6 Å². The number of carbonyl (C=O) groups excluding carboxylic acids is 1. The third-order valence-corrected chi connectivity index (χ3v) is 1.39. The van der Waals surface area contributed by atoms with E-state index in [1.54, 1.807) is 0 Å². The number of carbonyl (C=O) groups is 1. The lowest BCUT2D eigenvalue weighted by molar-refractivity contribution is -0.120. The average Bonchev–Trinajstić information content (AvgIpc) is 2.05. The van der Waals surface area contributed by atoms with Crippen LogP contribution in [0, 0.1) is 0 Å². The number of hydrogen-bond acceptors (Lipinski definition) is 2. The molecule has 0 saturated carbocycles. The minimum atomic E-state index is -0.0106. The maximum atomic E-state index is 10.8. The number of rotatable bonds is 7. The van der Waals surface area contributed by atoms with Gasteiger partial charge in [0.05, 0.1) is 12.9 Å². The van der Waals surface area contributed by atoms with Crippen molar-refractivity contribution >= 4 is 17.5 Å². The highest BCUT2D eigenvalue weighted by Crippen LogP contribution is 1.85. The molecule has 1 amide bonds. The quantitative estimate of drug-likeness (QED) is 0.374. The lowest BCUT2D eigenvalue weighted by Crippen LogP contribution is -2.25. The van der Waals surface area contributed by atoms with E-state index in [9.17, 15) is 4.79 Å². The number of halogens is 1. The van der Waals surface area contributed by atoms with E-state index in [1.807, 2.05) is 0 Å². The maximum absolute atomic E-state index is 10.8. The summed E-state index contributed by atoms with van der Waals surface area (Å²) in [5.41, 5.74) is 0. The van der Waals surface area contributed by atoms with E-state index in [2.05, 4.69) is 11.9 Å². The minimum Gasteiger partial charge on any atom is -0.502 e. The monoisotopic (exact) mass is 191 g/mol. The van der Waals surface area contributed by atoms with Crippen LogP contribution < -0.4 is 5.32 Å². The summed E-state index contributed by atoms with van der Waals surface area (Å²) in [5.74, 6) is 0.359. The molecular weight excluding hydrogens is 178 g/mol. The first-order valence-electron chi connectivity index (χ1n) is 3.86. The van der Waals surface area contributed by atoms with E-state index in [0.717, 1.165) is 6.42 Å². The van der Waals surface area contributed by atoms with E-state index in [4.69, 9.17) is 16.3 Å². The first kappa shape index (κ1) is 11.3. The van der Waals surface area contributed by atoms with Crippen LogP contribution in [0.15, 0.2) is 12.8 Å². The first-order chi connectivity index (χ1) is 5.81. The first-order valence-corrected chi connectivity index (χ1v) is 4.40. The molecule has 0 fully saturated rings. The molecule has 0 aromatic rings. The third-order valence-electron chi connectivity index (χ3n) is 1.20. The average molecular weight is 192 g/mol. The molecule has 0 spiro atoms. The topological polar surface area (TPSA) is 38.3 Å². The molecule has 0 saturated heterocycles. The van der Waals surface area contributed by atoms with Gasteiger partial charge in [0.2, 0.25) is 5.91 Å². The fourth-order valence-corrected chi connectivity index (χ4v) is 0.812. The maximum Gasteiger partial charge on any atom is 0.221 e. The Hall–Kier alpha value is -0.700. The Morgan fingerprint density at radius 2 is 2.42 bits per heavy atom. The molecule has 0 aliphatic heterocycles. The van der Waals surface area contributed by atoms with Crippen LogP contribution in [0.5, 0.6) is 0 Å². The Morgan fingerprint density at radius 1 is 1.67 bits per heavy atom. The van der Waals surface area contributed by atoms with Crippen LogP contribution in [0.3, 0.4) is 0 Å². The third kappa shape index (κ3) is 7.41. The smallest absolute Gasteiger partial charge is 0.221 e. The van der Waals surface area contributed by atoms with Crippen molar-refractivity contribution in [2.75, 3.05) is 19.0 Å². The Morgan fingerprint density at radius 3 is 3.00 bits per heavy atom. The van der Waals surface area contributed by atoms with Crippen LogP contribution in [0.4, 0.5) is 0 Å². The van der Waals surface area contributed by atoms with E-state index < -0.39 is 0 Å². The summed E-state index contributed by atoms with van der Waals surface area (Å²) in [6.07, 6.45) is 2.56. The van der Waals surface area contributed by atoms with Gasteiger partial charge in [0, 0.05) is 18.8 Å². The highest BCUT2D eigenvalue weighted by atomic mass is 35.5. The standard InChI is InChI=1S/C8H14ClNO2/c1-2-12-7-3-6-10-8(11)4-5-9/h2H,1,3-7H2,(H,10,11). The van der Waals surface area contributed by atoms with Crippen molar-refractivity contribution in [1.82, 2.24) is 5.32 Å². The summed E-state index contributed by atoms with van der Waals surface area (Å²) < 4.78 is 4.86. The lowest BCUT2D eigenvalue weighted by atomic mass is 10.4. The zero-order valence-corrected chi connectivity index (χ0v) is 7.77. The number of hydrogen-bond donors (Lipinski definition) is 1. The molecule has 70 valence electrons. The van der Waals surface area contributed by atoms with Gasteiger partial charge in [-0.2, -0.15) is 0 Å². The molecule has 3 nitrogen and oxygen atoms in total. The van der Waals surface area contributed by atoms with Crippen molar-refractivity contribution in [3.05, 3.63) is 12.8 Å². The van der Waals surface area contributed by atoms with Crippen molar-refractivity contribution in [3.8, 4) is 0 Å². The van der Waals surface area contributed by atoms with Crippen molar-refractivity contribution < 1.29 is 9.53 Å². The molecule has 0 aromatic carbocycles. The summed E-state index contributed by atoms with van der Waals surface area (Å²) in [6, 6.07) is 0. The van der Waals surface area contributed by atoms with Gasteiger partial charge in [-0.3, -0.25) is 4.79 Å². The van der Waals surface area contributed by atoms with Gasteiger partial charge in [0.1, 0.15) is 0 Å². The van der Waals surface area contributed by atoms with Gasteiger partial charge >= 0.3 is 0 Å².